The normalized spacial score (nSPS) is 10.5. The maximum Gasteiger partial charge on any atom is 0.270 e. The molecule has 0 amide bonds. The zero-order valence-electron chi connectivity index (χ0n) is 13.0. The van der Waals surface area contributed by atoms with Crippen LogP contribution in [-0.2, 0) is 12.8 Å². The SMILES string of the molecule is COc1ccc(CCc2nc(-c3cccc([N+](=O)[O-])c3)no2)cc1. The van der Waals surface area contributed by atoms with Crippen molar-refractivity contribution in [3.8, 4) is 17.1 Å². The summed E-state index contributed by atoms with van der Waals surface area (Å²) in [6, 6.07) is 13.9. The van der Waals surface area contributed by atoms with E-state index in [4.69, 9.17) is 9.26 Å². The standard InChI is InChI=1S/C17H15N3O4/c1-23-15-8-5-12(6-9-15)7-10-16-18-17(19-24-16)13-3-2-4-14(11-13)20(21)22/h2-6,8-9,11H,7,10H2,1H3. The quantitative estimate of drug-likeness (QED) is 0.509. The van der Waals surface area contributed by atoms with E-state index in [-0.39, 0.29) is 5.69 Å². The number of nitrogens with zero attached hydrogens (tertiary/aromatic N) is 3. The number of nitro groups is 1. The van der Waals surface area contributed by atoms with Crippen LogP contribution in [0.1, 0.15) is 11.5 Å². The lowest BCUT2D eigenvalue weighted by Crippen LogP contribution is -1.92. The molecule has 122 valence electrons. The fourth-order valence-electron chi connectivity index (χ4n) is 2.28. The second-order valence-corrected chi connectivity index (χ2v) is 5.17. The number of hydrogen-bond acceptors (Lipinski definition) is 6. The Morgan fingerprint density at radius 2 is 1.96 bits per heavy atom. The van der Waals surface area contributed by atoms with E-state index in [9.17, 15) is 10.1 Å². The van der Waals surface area contributed by atoms with Crippen LogP contribution in [0.2, 0.25) is 0 Å². The van der Waals surface area contributed by atoms with Gasteiger partial charge in [0.15, 0.2) is 0 Å². The Kier molecular flexibility index (Phi) is 4.51. The Morgan fingerprint density at radius 1 is 1.17 bits per heavy atom. The summed E-state index contributed by atoms with van der Waals surface area (Å²) in [5.74, 6) is 1.65. The van der Waals surface area contributed by atoms with Crippen molar-refractivity contribution < 1.29 is 14.2 Å². The fraction of sp³-hybridized carbons (Fsp3) is 0.176. The van der Waals surface area contributed by atoms with Crippen molar-refractivity contribution in [2.45, 2.75) is 12.8 Å². The van der Waals surface area contributed by atoms with Crippen LogP contribution in [0.3, 0.4) is 0 Å². The van der Waals surface area contributed by atoms with Gasteiger partial charge in [-0.3, -0.25) is 10.1 Å². The summed E-state index contributed by atoms with van der Waals surface area (Å²) in [5, 5.41) is 14.7. The lowest BCUT2D eigenvalue weighted by Gasteiger charge is -2.01. The van der Waals surface area contributed by atoms with Crippen molar-refractivity contribution in [1.82, 2.24) is 10.1 Å². The van der Waals surface area contributed by atoms with Gasteiger partial charge in [-0.1, -0.05) is 29.4 Å². The minimum atomic E-state index is -0.450. The van der Waals surface area contributed by atoms with Crippen LogP contribution in [0, 0.1) is 10.1 Å². The highest BCUT2D eigenvalue weighted by Gasteiger charge is 2.12. The Balaban J connectivity index is 1.69. The molecule has 0 aliphatic carbocycles. The minimum absolute atomic E-state index is 0.00270. The molecule has 1 heterocycles. The first-order valence-corrected chi connectivity index (χ1v) is 7.36. The van der Waals surface area contributed by atoms with Crippen LogP contribution in [-0.4, -0.2) is 22.2 Å². The van der Waals surface area contributed by atoms with Gasteiger partial charge in [0.2, 0.25) is 11.7 Å². The summed E-state index contributed by atoms with van der Waals surface area (Å²) in [4.78, 5) is 14.7. The van der Waals surface area contributed by atoms with Crippen LogP contribution >= 0.6 is 0 Å². The van der Waals surface area contributed by atoms with E-state index in [1.807, 2.05) is 24.3 Å². The number of methoxy groups -OCH3 is 1. The van der Waals surface area contributed by atoms with Gasteiger partial charge in [-0.05, 0) is 24.1 Å². The lowest BCUT2D eigenvalue weighted by atomic mass is 10.1. The largest absolute Gasteiger partial charge is 0.497 e. The van der Waals surface area contributed by atoms with Gasteiger partial charge in [0.25, 0.3) is 5.69 Å². The molecule has 7 heteroatoms. The smallest absolute Gasteiger partial charge is 0.270 e. The van der Waals surface area contributed by atoms with Gasteiger partial charge in [-0.15, -0.1) is 0 Å². The summed E-state index contributed by atoms with van der Waals surface area (Å²) in [5.41, 5.74) is 1.69. The topological polar surface area (TPSA) is 91.3 Å². The molecular weight excluding hydrogens is 310 g/mol. The van der Waals surface area contributed by atoms with Gasteiger partial charge in [-0.2, -0.15) is 4.98 Å². The average molecular weight is 325 g/mol. The van der Waals surface area contributed by atoms with E-state index >= 15 is 0 Å². The van der Waals surface area contributed by atoms with Gasteiger partial charge >= 0.3 is 0 Å². The molecule has 1 aromatic heterocycles. The van der Waals surface area contributed by atoms with Crippen molar-refractivity contribution in [3.05, 3.63) is 70.1 Å². The molecule has 7 nitrogen and oxygen atoms in total. The van der Waals surface area contributed by atoms with Gasteiger partial charge < -0.3 is 9.26 Å². The van der Waals surface area contributed by atoms with E-state index in [0.717, 1.165) is 17.7 Å². The predicted molar refractivity (Wildman–Crippen MR) is 86.8 cm³/mol. The van der Waals surface area contributed by atoms with E-state index in [2.05, 4.69) is 10.1 Å². The van der Waals surface area contributed by atoms with Crippen molar-refractivity contribution in [2.24, 2.45) is 0 Å². The van der Waals surface area contributed by atoms with Gasteiger partial charge in [0, 0.05) is 24.1 Å². The number of hydrogen-bond donors (Lipinski definition) is 0. The zero-order valence-corrected chi connectivity index (χ0v) is 13.0. The van der Waals surface area contributed by atoms with Crippen molar-refractivity contribution in [2.75, 3.05) is 7.11 Å². The number of benzene rings is 2. The summed E-state index contributed by atoms with van der Waals surface area (Å²) >= 11 is 0. The van der Waals surface area contributed by atoms with Crippen LogP contribution in [0.4, 0.5) is 5.69 Å². The molecule has 0 radical (unpaired) electrons. The summed E-state index contributed by atoms with van der Waals surface area (Å²) in [6.45, 7) is 0. The van der Waals surface area contributed by atoms with Crippen LogP contribution in [0.25, 0.3) is 11.4 Å². The third-order valence-corrected chi connectivity index (χ3v) is 3.57. The molecule has 0 saturated carbocycles. The molecule has 0 bridgehead atoms. The Bertz CT molecular complexity index is 843. The predicted octanol–water partition coefficient (Wildman–Crippen LogP) is 3.44. The second-order valence-electron chi connectivity index (χ2n) is 5.17. The maximum absolute atomic E-state index is 10.8. The van der Waals surface area contributed by atoms with Crippen molar-refractivity contribution >= 4 is 5.69 Å². The molecule has 3 rings (SSSR count). The molecule has 0 atom stereocenters. The fourth-order valence-corrected chi connectivity index (χ4v) is 2.28. The molecular formula is C17H15N3O4. The first-order chi connectivity index (χ1) is 11.7. The Hall–Kier alpha value is -3.22. The number of ether oxygens (including phenoxy) is 1. The molecule has 0 unspecified atom stereocenters. The second kappa shape index (κ2) is 6.91. The van der Waals surface area contributed by atoms with Crippen molar-refractivity contribution in [3.63, 3.8) is 0 Å². The molecule has 0 aliphatic rings. The highest BCUT2D eigenvalue weighted by atomic mass is 16.6. The summed E-state index contributed by atoms with van der Waals surface area (Å²) < 4.78 is 10.4. The van der Waals surface area contributed by atoms with E-state index in [0.29, 0.717) is 23.7 Å². The Labute approximate surface area is 138 Å². The Morgan fingerprint density at radius 3 is 2.67 bits per heavy atom. The van der Waals surface area contributed by atoms with Gasteiger partial charge in [-0.25, -0.2) is 0 Å². The van der Waals surface area contributed by atoms with Crippen LogP contribution in [0.15, 0.2) is 53.1 Å². The zero-order chi connectivity index (χ0) is 16.9. The van der Waals surface area contributed by atoms with E-state index in [1.54, 1.807) is 19.2 Å². The molecule has 3 aromatic rings. The maximum atomic E-state index is 10.8. The first-order valence-electron chi connectivity index (χ1n) is 7.36. The number of aromatic nitrogens is 2. The highest BCUT2D eigenvalue weighted by molar-refractivity contribution is 5.58. The molecule has 24 heavy (non-hydrogen) atoms. The molecule has 0 fully saturated rings. The molecule has 0 aliphatic heterocycles. The van der Waals surface area contributed by atoms with Crippen LogP contribution < -0.4 is 4.74 Å². The summed E-state index contributed by atoms with van der Waals surface area (Å²) in [6.07, 6.45) is 1.34. The lowest BCUT2D eigenvalue weighted by molar-refractivity contribution is -0.384. The molecule has 0 saturated heterocycles. The molecule has 2 aromatic carbocycles. The van der Waals surface area contributed by atoms with Gasteiger partial charge in [0.1, 0.15) is 5.75 Å². The first kappa shape index (κ1) is 15.7. The van der Waals surface area contributed by atoms with E-state index in [1.165, 1.54) is 12.1 Å². The third kappa shape index (κ3) is 3.57. The highest BCUT2D eigenvalue weighted by Crippen LogP contribution is 2.21. The minimum Gasteiger partial charge on any atom is -0.497 e. The van der Waals surface area contributed by atoms with E-state index < -0.39 is 4.92 Å². The third-order valence-electron chi connectivity index (χ3n) is 3.57. The average Bonchev–Trinajstić information content (AvgIpc) is 3.09. The number of nitro benzene ring substituents is 1. The number of rotatable bonds is 6. The number of non-ortho nitro benzene ring substituents is 1. The van der Waals surface area contributed by atoms with Crippen molar-refractivity contribution in [1.29, 1.82) is 0 Å². The van der Waals surface area contributed by atoms with Gasteiger partial charge in [0.05, 0.1) is 12.0 Å². The monoisotopic (exact) mass is 325 g/mol. The van der Waals surface area contributed by atoms with Crippen LogP contribution in [0.5, 0.6) is 5.75 Å². The summed E-state index contributed by atoms with van der Waals surface area (Å²) in [7, 11) is 1.63. The molecule has 0 N–H and O–H groups in total. The number of aryl methyl sites for hydroxylation is 2. The molecule has 0 spiro atoms.